The number of fused-ring (bicyclic) bond motifs is 6. The fourth-order valence-corrected chi connectivity index (χ4v) is 99.3. The maximum Gasteiger partial charge on any atom is 0.518 e. The van der Waals surface area contributed by atoms with Crippen LogP contribution in [0.25, 0.3) is 0 Å². The SMILES string of the molecule is CCO[Si](OCC)(OCC)C1(S(S)(SS)C(C(CC)CCCC(C)C)(S(S)(SS)C2([Si](OCC)(OCC)OCC)CC3CCC2(CC)C3)S(S)(SS)C2([Si](OCC)(OCC)OCC)CC3CCC2(CC)C3)CC2CCC1(CC)C2. The van der Waals surface area contributed by atoms with Gasteiger partial charge in [0.05, 0.1) is 13.1 Å². The third-order valence-corrected chi connectivity index (χ3v) is 81.0. The molecule has 6 rings (SSSR count). The molecule has 6 aliphatic rings. The van der Waals surface area contributed by atoms with Crippen molar-refractivity contribution in [1.82, 2.24) is 0 Å². The molecule has 6 bridgehead atoms. The molecule has 6 saturated carbocycles. The molecule has 6 fully saturated rings. The molecule has 13 unspecified atom stereocenters. The van der Waals surface area contributed by atoms with Crippen molar-refractivity contribution in [2.45, 2.75) is 242 Å². The van der Waals surface area contributed by atoms with Gasteiger partial charge in [-0.3, -0.25) is 0 Å². The summed E-state index contributed by atoms with van der Waals surface area (Å²) in [7, 11) is -15.6. The summed E-state index contributed by atoms with van der Waals surface area (Å²) in [4.78, 5) is 0. The van der Waals surface area contributed by atoms with Gasteiger partial charge in [0.15, 0.2) is 0 Å². The first-order valence-electron chi connectivity index (χ1n) is 31.0. The Labute approximate surface area is 532 Å². The van der Waals surface area contributed by atoms with Crippen molar-refractivity contribution >= 4 is 150 Å². The van der Waals surface area contributed by atoms with E-state index in [9.17, 15) is 0 Å². The van der Waals surface area contributed by atoms with Crippen molar-refractivity contribution < 1.29 is 39.8 Å². The zero-order valence-corrected chi connectivity index (χ0v) is 64.8. The lowest BCUT2D eigenvalue weighted by Crippen LogP contribution is -2.79. The molecule has 0 saturated heterocycles. The van der Waals surface area contributed by atoms with Crippen LogP contribution < -0.4 is 0 Å². The second-order valence-corrected chi connectivity index (χ2v) is 59.2. The van der Waals surface area contributed by atoms with E-state index in [1.54, 1.807) is 29.5 Å². The average Bonchev–Trinajstić information content (AvgIpc) is 1.88. The van der Waals surface area contributed by atoms with Gasteiger partial charge in [-0.1, -0.05) is 60.8 Å². The Bertz CT molecular complexity index is 1730. The zero-order valence-electron chi connectivity index (χ0n) is 51.5. The van der Waals surface area contributed by atoms with Crippen molar-refractivity contribution in [1.29, 1.82) is 0 Å². The second-order valence-electron chi connectivity index (χ2n) is 24.2. The third-order valence-electron chi connectivity index (χ3n) is 21.2. The van der Waals surface area contributed by atoms with Crippen LogP contribution in [0.2, 0.25) is 0 Å². The van der Waals surface area contributed by atoms with Crippen LogP contribution in [0.4, 0.5) is 0 Å². The van der Waals surface area contributed by atoms with Crippen LogP contribution in [0.1, 0.15) is 226 Å². The smallest absolute Gasteiger partial charge is 0.373 e. The van der Waals surface area contributed by atoms with Crippen molar-refractivity contribution in [2.75, 3.05) is 59.5 Å². The van der Waals surface area contributed by atoms with Crippen LogP contribution in [0.5, 0.6) is 0 Å². The van der Waals surface area contributed by atoms with Crippen molar-refractivity contribution in [3.05, 3.63) is 0 Å². The molecule has 9 nitrogen and oxygen atoms in total. The average molecular weight is 1390 g/mol. The Hall–Kier alpha value is 4.49. The summed E-state index contributed by atoms with van der Waals surface area (Å²) in [6, 6.07) is 0. The first-order chi connectivity index (χ1) is 37.6. The van der Waals surface area contributed by atoms with Crippen molar-refractivity contribution in [3.8, 4) is 0 Å². The van der Waals surface area contributed by atoms with Crippen LogP contribution >= 0.6 is 124 Å². The third kappa shape index (κ3) is 10.2. The standard InChI is InChI=1S/C55H112O9S12Si3/c1-16-48(31-29-30-44(14)15)55(74(68,71-65)52(41-45-32-35-49(52,17-2)38-45)77(56-20-5,57-21-6)58-22-7,75(69,72-66)53(42-46-33-36-50(53,18-3)39-46)78(59-23-8,60-24-9)61-25-10)76(70,73-67)54(43-47-34-37-51(54,19-4)40-47)79(62-26-11,63-27-12)64-28-13/h44-48,65-70H,16-43H2,1-15H3. The van der Waals surface area contributed by atoms with Gasteiger partial charge in [-0.05, 0) is 240 Å². The van der Waals surface area contributed by atoms with Gasteiger partial charge in [0, 0.05) is 59.5 Å². The van der Waals surface area contributed by atoms with E-state index in [4.69, 9.17) is 110 Å². The summed E-state index contributed by atoms with van der Waals surface area (Å²) in [5, 5.41) is 0. The van der Waals surface area contributed by atoms with Crippen LogP contribution in [0, 0.1) is 45.8 Å². The first kappa shape index (κ1) is 72.6. The number of thiol groups is 6. The summed E-state index contributed by atoms with van der Waals surface area (Å²) in [5.41, 5.74) is -0.918. The lowest BCUT2D eigenvalue weighted by Gasteiger charge is -2.83. The van der Waals surface area contributed by atoms with E-state index in [2.05, 4.69) is 104 Å². The van der Waals surface area contributed by atoms with Crippen LogP contribution in [0.3, 0.4) is 0 Å². The molecule has 0 aromatic heterocycles. The van der Waals surface area contributed by atoms with Crippen LogP contribution in [0.15, 0.2) is 0 Å². The molecule has 470 valence electrons. The minimum Gasteiger partial charge on any atom is -0.373 e. The Morgan fingerprint density at radius 2 is 0.684 bits per heavy atom. The van der Waals surface area contributed by atoms with Crippen LogP contribution in [-0.2, 0) is 39.8 Å². The molecule has 0 aromatic rings. The second kappa shape index (κ2) is 29.0. The lowest BCUT2D eigenvalue weighted by atomic mass is 9.80. The van der Waals surface area contributed by atoms with Gasteiger partial charge < -0.3 is 39.8 Å². The molecule has 0 radical (unpaired) electrons. The van der Waals surface area contributed by atoms with Crippen LogP contribution in [-0.4, -0.2) is 102 Å². The molecule has 0 amide bonds. The molecule has 0 N–H and O–H groups in total. The molecular formula is C55H112O9S12Si3. The quantitative estimate of drug-likeness (QED) is 0.0202. The molecule has 6 aliphatic carbocycles. The molecule has 0 aromatic carbocycles. The van der Waals surface area contributed by atoms with Gasteiger partial charge >= 0.3 is 26.4 Å². The molecule has 0 aliphatic heterocycles. The maximum absolute atomic E-state index is 7.79. The van der Waals surface area contributed by atoms with E-state index in [0.29, 0.717) is 83.1 Å². The van der Waals surface area contributed by atoms with Gasteiger partial charge in [-0.15, -0.1) is 94.2 Å². The zero-order chi connectivity index (χ0) is 58.7. The lowest BCUT2D eigenvalue weighted by molar-refractivity contribution is 0.0345. The first-order valence-corrected chi connectivity index (χ1v) is 51.4. The van der Waals surface area contributed by atoms with E-state index >= 15 is 0 Å². The number of hydrogen-bond acceptors (Lipinski definition) is 18. The fraction of sp³-hybridized carbons (Fsp3) is 1.00. The predicted octanol–water partition coefficient (Wildman–Crippen LogP) is 19.7. The van der Waals surface area contributed by atoms with Gasteiger partial charge in [0.25, 0.3) is 0 Å². The maximum atomic E-state index is 7.79. The highest BCUT2D eigenvalue weighted by molar-refractivity contribution is 9.49. The summed E-state index contributed by atoms with van der Waals surface area (Å²) < 4.78 is 66.7. The van der Waals surface area contributed by atoms with Gasteiger partial charge in [-0.25, -0.2) is 0 Å². The summed E-state index contributed by atoms with van der Waals surface area (Å²) in [6.45, 7) is 37.9. The monoisotopic (exact) mass is 1380 g/mol. The predicted molar refractivity (Wildman–Crippen MR) is 379 cm³/mol. The Morgan fingerprint density at radius 1 is 0.430 bits per heavy atom. The number of rotatable bonds is 39. The normalized spacial score (nSPS) is 36.3. The van der Waals surface area contributed by atoms with Crippen molar-refractivity contribution in [2.24, 2.45) is 45.8 Å². The molecule has 0 heterocycles. The Morgan fingerprint density at radius 3 is 0.861 bits per heavy atom. The molecule has 24 heteroatoms. The largest absolute Gasteiger partial charge is 0.518 e. The van der Waals surface area contributed by atoms with E-state index in [-0.39, 0.29) is 22.2 Å². The summed E-state index contributed by atoms with van der Waals surface area (Å²) >= 11 is 40.1. The molecular weight excluding hydrogens is 1270 g/mol. The minimum atomic E-state index is -4.00. The molecule has 79 heavy (non-hydrogen) atoms. The Balaban J connectivity index is 2.15. The van der Waals surface area contributed by atoms with Crippen molar-refractivity contribution in [3.63, 3.8) is 0 Å². The molecule has 13 atom stereocenters. The van der Waals surface area contributed by atoms with Gasteiger partial charge in [0.1, 0.15) is 3.41 Å². The highest BCUT2D eigenvalue weighted by Crippen LogP contribution is 3.14. The fourth-order valence-electron chi connectivity index (χ4n) is 18.9. The highest BCUT2D eigenvalue weighted by atomic mass is 33.8. The van der Waals surface area contributed by atoms with E-state index in [1.807, 2.05) is 0 Å². The summed E-state index contributed by atoms with van der Waals surface area (Å²) in [5.74, 6) is 1.61. The Kier molecular flexibility index (Phi) is 26.6. The van der Waals surface area contributed by atoms with E-state index in [1.165, 1.54) is 0 Å². The topological polar surface area (TPSA) is 83.1 Å². The van der Waals surface area contributed by atoms with E-state index < -0.39 is 67.2 Å². The molecule has 0 spiro atoms. The number of hydrogen-bond donors (Lipinski definition) is 6. The highest BCUT2D eigenvalue weighted by Gasteiger charge is 2.95. The van der Waals surface area contributed by atoms with Gasteiger partial charge in [0.2, 0.25) is 0 Å². The van der Waals surface area contributed by atoms with E-state index in [0.717, 1.165) is 122 Å². The summed E-state index contributed by atoms with van der Waals surface area (Å²) in [6.07, 6.45) is 18.8. The minimum absolute atomic E-state index is 0.0813. The van der Waals surface area contributed by atoms with Gasteiger partial charge in [-0.2, -0.15) is 0 Å².